The van der Waals surface area contributed by atoms with Crippen molar-refractivity contribution in [2.24, 2.45) is 7.05 Å². The number of hydrogen-bond donors (Lipinski definition) is 1. The van der Waals surface area contributed by atoms with Crippen LogP contribution in [-0.2, 0) is 18.3 Å². The van der Waals surface area contributed by atoms with Crippen LogP contribution in [0.5, 0.6) is 0 Å². The van der Waals surface area contributed by atoms with Crippen LogP contribution >= 0.6 is 11.8 Å². The van der Waals surface area contributed by atoms with Gasteiger partial charge < -0.3 is 14.6 Å². The zero-order chi connectivity index (χ0) is 15.2. The van der Waals surface area contributed by atoms with E-state index in [1.165, 1.54) is 17.8 Å². The van der Waals surface area contributed by atoms with Gasteiger partial charge in [0, 0.05) is 27.2 Å². The summed E-state index contributed by atoms with van der Waals surface area (Å²) < 4.78 is 20.9. The highest BCUT2D eigenvalue weighted by atomic mass is 32.2. The highest BCUT2D eigenvalue weighted by Crippen LogP contribution is 2.31. The summed E-state index contributed by atoms with van der Waals surface area (Å²) in [6.45, 7) is 3.80. The first kappa shape index (κ1) is 15.9. The summed E-state index contributed by atoms with van der Waals surface area (Å²) >= 11 is 1.30. The molecule has 1 heterocycles. The van der Waals surface area contributed by atoms with Crippen LogP contribution in [0.25, 0.3) is 0 Å². The molecule has 0 spiro atoms. The molecule has 0 amide bonds. The van der Waals surface area contributed by atoms with Crippen molar-refractivity contribution in [2.75, 3.05) is 20.3 Å². The molecule has 0 radical (unpaired) electrons. The maximum Gasteiger partial charge on any atom is 0.195 e. The monoisotopic (exact) mass is 310 g/mol. The molecule has 21 heavy (non-hydrogen) atoms. The molecule has 0 bridgehead atoms. The topological polar surface area (TPSA) is 52.0 Å². The molecule has 2 aromatic rings. The predicted octanol–water partition coefficient (Wildman–Crippen LogP) is 2.15. The minimum absolute atomic E-state index is 0.244. The molecule has 1 aromatic carbocycles. The molecule has 0 aliphatic carbocycles. The van der Waals surface area contributed by atoms with Crippen LogP contribution in [-0.4, -0.2) is 35.0 Å². The van der Waals surface area contributed by atoms with Gasteiger partial charge in [0.15, 0.2) is 5.16 Å². The molecule has 0 atom stereocenters. The molecule has 1 aromatic heterocycles. The Morgan fingerprint density at radius 2 is 2.19 bits per heavy atom. The fourth-order valence-electron chi connectivity index (χ4n) is 1.77. The van der Waals surface area contributed by atoms with Crippen LogP contribution < -0.4 is 5.32 Å². The van der Waals surface area contributed by atoms with Crippen LogP contribution in [0, 0.1) is 12.7 Å². The Kier molecular flexibility index (Phi) is 5.72. The third-order valence-corrected chi connectivity index (χ3v) is 4.29. The van der Waals surface area contributed by atoms with Crippen molar-refractivity contribution < 1.29 is 9.13 Å². The zero-order valence-corrected chi connectivity index (χ0v) is 13.2. The molecular weight excluding hydrogens is 291 g/mol. The number of nitrogens with one attached hydrogen (secondary N) is 1. The van der Waals surface area contributed by atoms with Crippen LogP contribution in [0.2, 0.25) is 0 Å². The number of methoxy groups -OCH3 is 1. The Balaban J connectivity index is 2.15. The number of hydrogen-bond acceptors (Lipinski definition) is 5. The van der Waals surface area contributed by atoms with E-state index in [0.717, 1.165) is 17.9 Å². The molecule has 0 saturated carbocycles. The molecule has 0 fully saturated rings. The Labute approximate surface area is 127 Å². The average molecular weight is 310 g/mol. The maximum absolute atomic E-state index is 14.1. The first-order chi connectivity index (χ1) is 10.1. The number of nitrogens with zero attached hydrogens (tertiary/aromatic N) is 3. The molecule has 0 aliphatic rings. The minimum atomic E-state index is -0.244. The number of rotatable bonds is 7. The van der Waals surface area contributed by atoms with E-state index in [2.05, 4.69) is 15.5 Å². The molecule has 114 valence electrons. The normalized spacial score (nSPS) is 11.0. The molecule has 0 saturated heterocycles. The number of halogens is 1. The van der Waals surface area contributed by atoms with Gasteiger partial charge in [0.1, 0.15) is 11.6 Å². The maximum atomic E-state index is 14.1. The quantitative estimate of drug-likeness (QED) is 0.794. The van der Waals surface area contributed by atoms with Crippen LogP contribution in [0.15, 0.2) is 28.3 Å². The number of aromatic nitrogens is 3. The van der Waals surface area contributed by atoms with Gasteiger partial charge >= 0.3 is 0 Å². The fourth-order valence-corrected chi connectivity index (χ4v) is 2.74. The van der Waals surface area contributed by atoms with Gasteiger partial charge in [-0.05, 0) is 30.3 Å². The second kappa shape index (κ2) is 7.53. The summed E-state index contributed by atoms with van der Waals surface area (Å²) in [7, 11) is 3.52. The van der Waals surface area contributed by atoms with Gasteiger partial charge in [0.25, 0.3) is 0 Å². The van der Waals surface area contributed by atoms with E-state index < -0.39 is 0 Å². The zero-order valence-electron chi connectivity index (χ0n) is 12.4. The van der Waals surface area contributed by atoms with Crippen molar-refractivity contribution in [2.45, 2.75) is 23.5 Å². The van der Waals surface area contributed by atoms with E-state index >= 15 is 0 Å². The standard InChI is InChI=1S/C14H19FN4OS/c1-10-17-18-14(19(10)2)21-13-11(5-4-6-12(13)15)9-16-7-8-20-3/h4-6,16H,7-9H2,1-3H3. The predicted molar refractivity (Wildman–Crippen MR) is 79.8 cm³/mol. The van der Waals surface area contributed by atoms with E-state index in [4.69, 9.17) is 4.74 Å². The van der Waals surface area contributed by atoms with Gasteiger partial charge in [-0.25, -0.2) is 4.39 Å². The smallest absolute Gasteiger partial charge is 0.195 e. The third kappa shape index (κ3) is 4.03. The largest absolute Gasteiger partial charge is 0.383 e. The number of ether oxygens (including phenoxy) is 1. The molecule has 0 aliphatic heterocycles. The van der Waals surface area contributed by atoms with Gasteiger partial charge in [-0.15, -0.1) is 10.2 Å². The first-order valence-electron chi connectivity index (χ1n) is 6.64. The van der Waals surface area contributed by atoms with E-state index in [-0.39, 0.29) is 5.82 Å². The lowest BCUT2D eigenvalue weighted by atomic mass is 10.2. The van der Waals surface area contributed by atoms with E-state index in [1.807, 2.05) is 24.6 Å². The fraction of sp³-hybridized carbons (Fsp3) is 0.429. The van der Waals surface area contributed by atoms with Gasteiger partial charge in [-0.3, -0.25) is 0 Å². The van der Waals surface area contributed by atoms with Crippen molar-refractivity contribution >= 4 is 11.8 Å². The molecule has 1 N–H and O–H groups in total. The van der Waals surface area contributed by atoms with E-state index in [0.29, 0.717) is 23.2 Å². The molecular formula is C14H19FN4OS. The van der Waals surface area contributed by atoms with Crippen molar-refractivity contribution in [1.82, 2.24) is 20.1 Å². The van der Waals surface area contributed by atoms with Gasteiger partial charge in [0.05, 0.1) is 11.5 Å². The number of aryl methyl sites for hydroxylation is 1. The lowest BCUT2D eigenvalue weighted by molar-refractivity contribution is 0.199. The van der Waals surface area contributed by atoms with E-state index in [1.54, 1.807) is 13.2 Å². The van der Waals surface area contributed by atoms with E-state index in [9.17, 15) is 4.39 Å². The summed E-state index contributed by atoms with van der Waals surface area (Å²) in [6, 6.07) is 5.09. The van der Waals surface area contributed by atoms with Crippen molar-refractivity contribution in [3.63, 3.8) is 0 Å². The lowest BCUT2D eigenvalue weighted by Crippen LogP contribution is -2.19. The molecule has 5 nitrogen and oxygen atoms in total. The Morgan fingerprint density at radius 3 is 2.86 bits per heavy atom. The average Bonchev–Trinajstić information content (AvgIpc) is 2.78. The Hall–Kier alpha value is -1.44. The van der Waals surface area contributed by atoms with Gasteiger partial charge in [-0.1, -0.05) is 12.1 Å². The minimum Gasteiger partial charge on any atom is -0.383 e. The highest BCUT2D eigenvalue weighted by Gasteiger charge is 2.14. The van der Waals surface area contributed by atoms with Crippen molar-refractivity contribution in [1.29, 1.82) is 0 Å². The van der Waals surface area contributed by atoms with Gasteiger partial charge in [0.2, 0.25) is 0 Å². The van der Waals surface area contributed by atoms with Crippen LogP contribution in [0.3, 0.4) is 0 Å². The summed E-state index contributed by atoms with van der Waals surface area (Å²) in [6.07, 6.45) is 0. The molecule has 0 unspecified atom stereocenters. The Bertz CT molecular complexity index is 603. The second-order valence-corrected chi connectivity index (χ2v) is 5.57. The third-order valence-electron chi connectivity index (χ3n) is 3.09. The highest BCUT2D eigenvalue weighted by molar-refractivity contribution is 7.99. The summed E-state index contributed by atoms with van der Waals surface area (Å²) in [5, 5.41) is 12.0. The van der Waals surface area contributed by atoms with Crippen molar-refractivity contribution in [3.05, 3.63) is 35.4 Å². The molecule has 7 heteroatoms. The van der Waals surface area contributed by atoms with Crippen LogP contribution in [0.4, 0.5) is 4.39 Å². The van der Waals surface area contributed by atoms with Gasteiger partial charge in [-0.2, -0.15) is 0 Å². The summed E-state index contributed by atoms with van der Waals surface area (Å²) in [5.41, 5.74) is 0.900. The SMILES string of the molecule is COCCNCc1cccc(F)c1Sc1nnc(C)n1C. The summed E-state index contributed by atoms with van der Waals surface area (Å²) in [4.78, 5) is 0.581. The lowest BCUT2D eigenvalue weighted by Gasteiger charge is -2.11. The first-order valence-corrected chi connectivity index (χ1v) is 7.46. The number of benzene rings is 1. The summed E-state index contributed by atoms with van der Waals surface area (Å²) in [5.74, 6) is 0.556. The second-order valence-electron chi connectivity index (χ2n) is 4.59. The van der Waals surface area contributed by atoms with Crippen LogP contribution in [0.1, 0.15) is 11.4 Å². The Morgan fingerprint density at radius 1 is 1.38 bits per heavy atom. The molecule has 2 rings (SSSR count). The van der Waals surface area contributed by atoms with Crippen molar-refractivity contribution in [3.8, 4) is 0 Å².